The number of rotatable bonds is 4. The Bertz CT molecular complexity index is 1130. The zero-order chi connectivity index (χ0) is 22.4. The van der Waals surface area contributed by atoms with Crippen molar-refractivity contribution in [1.29, 1.82) is 0 Å². The number of fused-ring (bicyclic) bond motifs is 1. The molecule has 0 atom stereocenters. The van der Waals surface area contributed by atoms with Gasteiger partial charge in [0.2, 0.25) is 6.79 Å². The van der Waals surface area contributed by atoms with Gasteiger partial charge in [0.05, 0.1) is 12.1 Å². The standard InChI is InChI=1S/C26H28N2O4/c1-16-8-10-27(11-9-16)24-23(20-6-4-17(2)18(3)12-20)25(29)28(26(24)30)14-19-5-7-21-22(13-19)32-15-31-21/h4-7,12-13,16H,8-11,14-15H2,1-3H3. The lowest BCUT2D eigenvalue weighted by molar-refractivity contribution is -0.138. The Morgan fingerprint density at radius 3 is 2.41 bits per heavy atom. The van der Waals surface area contributed by atoms with Crippen molar-refractivity contribution >= 4 is 17.4 Å². The van der Waals surface area contributed by atoms with E-state index in [2.05, 4.69) is 11.8 Å². The highest BCUT2D eigenvalue weighted by Crippen LogP contribution is 2.37. The van der Waals surface area contributed by atoms with Gasteiger partial charge >= 0.3 is 0 Å². The van der Waals surface area contributed by atoms with Crippen LogP contribution in [0.25, 0.3) is 5.57 Å². The van der Waals surface area contributed by atoms with Gasteiger partial charge in [0.25, 0.3) is 11.8 Å². The van der Waals surface area contributed by atoms with Crippen LogP contribution in [0, 0.1) is 19.8 Å². The minimum atomic E-state index is -0.232. The number of ether oxygens (including phenoxy) is 2. The number of piperidine rings is 1. The molecule has 32 heavy (non-hydrogen) atoms. The molecule has 166 valence electrons. The van der Waals surface area contributed by atoms with Crippen molar-refractivity contribution in [3.63, 3.8) is 0 Å². The molecule has 0 bridgehead atoms. The molecule has 0 radical (unpaired) electrons. The van der Waals surface area contributed by atoms with Crippen LogP contribution in [0.5, 0.6) is 11.5 Å². The lowest BCUT2D eigenvalue weighted by Crippen LogP contribution is -2.38. The molecule has 0 N–H and O–H groups in total. The molecule has 5 rings (SSSR count). The van der Waals surface area contributed by atoms with E-state index in [0.29, 0.717) is 28.7 Å². The van der Waals surface area contributed by atoms with Crippen molar-refractivity contribution in [2.24, 2.45) is 5.92 Å². The third-order valence-corrected chi connectivity index (χ3v) is 6.82. The average molecular weight is 433 g/mol. The molecule has 0 aliphatic carbocycles. The summed E-state index contributed by atoms with van der Waals surface area (Å²) >= 11 is 0. The summed E-state index contributed by atoms with van der Waals surface area (Å²) in [5, 5.41) is 0. The van der Waals surface area contributed by atoms with Crippen LogP contribution in [0.4, 0.5) is 0 Å². The minimum Gasteiger partial charge on any atom is -0.454 e. The molecule has 2 amide bonds. The van der Waals surface area contributed by atoms with Gasteiger partial charge in [-0.25, -0.2) is 0 Å². The van der Waals surface area contributed by atoms with E-state index in [1.165, 1.54) is 4.90 Å². The molecule has 2 aromatic carbocycles. The second kappa shape index (κ2) is 8.01. The summed E-state index contributed by atoms with van der Waals surface area (Å²) in [5.74, 6) is 1.52. The molecule has 2 aromatic rings. The van der Waals surface area contributed by atoms with Gasteiger partial charge in [0.15, 0.2) is 11.5 Å². The summed E-state index contributed by atoms with van der Waals surface area (Å²) in [5.41, 5.74) is 4.99. The Hall–Kier alpha value is -3.28. The number of likely N-dealkylation sites (tertiary alicyclic amines) is 1. The van der Waals surface area contributed by atoms with E-state index in [1.807, 2.05) is 50.2 Å². The SMILES string of the molecule is Cc1ccc(C2=C(N3CCC(C)CC3)C(=O)N(Cc3ccc4c(c3)OCO4)C2=O)cc1C. The van der Waals surface area contributed by atoms with Crippen molar-refractivity contribution < 1.29 is 19.1 Å². The molecule has 3 aliphatic heterocycles. The summed E-state index contributed by atoms with van der Waals surface area (Å²) in [6, 6.07) is 11.6. The van der Waals surface area contributed by atoms with Gasteiger partial charge in [-0.15, -0.1) is 0 Å². The second-order valence-corrected chi connectivity index (χ2v) is 9.08. The first-order valence-corrected chi connectivity index (χ1v) is 11.2. The fraction of sp³-hybridized carbons (Fsp3) is 0.385. The largest absolute Gasteiger partial charge is 0.454 e. The van der Waals surface area contributed by atoms with E-state index in [1.54, 1.807) is 0 Å². The predicted octanol–water partition coefficient (Wildman–Crippen LogP) is 4.04. The van der Waals surface area contributed by atoms with Crippen molar-refractivity contribution in [2.45, 2.75) is 40.2 Å². The van der Waals surface area contributed by atoms with Gasteiger partial charge in [-0.05, 0) is 67.0 Å². The molecule has 0 aromatic heterocycles. The highest BCUT2D eigenvalue weighted by molar-refractivity contribution is 6.35. The molecule has 3 heterocycles. The van der Waals surface area contributed by atoms with E-state index in [9.17, 15) is 9.59 Å². The van der Waals surface area contributed by atoms with E-state index in [-0.39, 0.29) is 25.2 Å². The summed E-state index contributed by atoms with van der Waals surface area (Å²) in [7, 11) is 0. The number of nitrogens with zero attached hydrogens (tertiary/aromatic N) is 2. The number of imide groups is 1. The monoisotopic (exact) mass is 432 g/mol. The molecular weight excluding hydrogens is 404 g/mol. The number of hydrogen-bond acceptors (Lipinski definition) is 5. The van der Waals surface area contributed by atoms with Crippen LogP contribution in [0.3, 0.4) is 0 Å². The van der Waals surface area contributed by atoms with Crippen molar-refractivity contribution in [2.75, 3.05) is 19.9 Å². The maximum atomic E-state index is 13.6. The quantitative estimate of drug-likeness (QED) is 0.683. The molecule has 0 unspecified atom stereocenters. The molecule has 6 nitrogen and oxygen atoms in total. The molecule has 6 heteroatoms. The second-order valence-electron chi connectivity index (χ2n) is 9.08. The normalized spacial score (nSPS) is 18.8. The van der Waals surface area contributed by atoms with E-state index >= 15 is 0 Å². The maximum absolute atomic E-state index is 13.6. The Balaban J connectivity index is 1.51. The highest BCUT2D eigenvalue weighted by atomic mass is 16.7. The summed E-state index contributed by atoms with van der Waals surface area (Å²) in [6.45, 7) is 8.31. The van der Waals surface area contributed by atoms with Crippen LogP contribution in [-0.2, 0) is 16.1 Å². The number of carbonyl (C=O) groups is 2. The van der Waals surface area contributed by atoms with Crippen LogP contribution in [0.15, 0.2) is 42.1 Å². The minimum absolute atomic E-state index is 0.191. The van der Waals surface area contributed by atoms with Crippen LogP contribution >= 0.6 is 0 Å². The zero-order valence-corrected chi connectivity index (χ0v) is 18.8. The summed E-state index contributed by atoms with van der Waals surface area (Å²) in [4.78, 5) is 30.7. The van der Waals surface area contributed by atoms with Crippen molar-refractivity contribution in [3.05, 3.63) is 64.3 Å². The fourth-order valence-corrected chi connectivity index (χ4v) is 4.61. The Morgan fingerprint density at radius 2 is 1.66 bits per heavy atom. The molecule has 1 saturated heterocycles. The van der Waals surface area contributed by atoms with Gasteiger partial charge in [0.1, 0.15) is 5.70 Å². The van der Waals surface area contributed by atoms with E-state index in [4.69, 9.17) is 9.47 Å². The predicted molar refractivity (Wildman–Crippen MR) is 121 cm³/mol. The number of aryl methyl sites for hydroxylation is 2. The number of carbonyl (C=O) groups excluding carboxylic acids is 2. The Morgan fingerprint density at radius 1 is 0.906 bits per heavy atom. The third-order valence-electron chi connectivity index (χ3n) is 6.82. The molecular formula is C26H28N2O4. The van der Waals surface area contributed by atoms with Crippen LogP contribution in [0.1, 0.15) is 42.0 Å². The van der Waals surface area contributed by atoms with E-state index in [0.717, 1.165) is 48.2 Å². The van der Waals surface area contributed by atoms with Crippen LogP contribution in [0.2, 0.25) is 0 Å². The molecule has 0 spiro atoms. The highest BCUT2D eigenvalue weighted by Gasteiger charge is 2.42. The van der Waals surface area contributed by atoms with Crippen molar-refractivity contribution in [3.8, 4) is 11.5 Å². The lowest BCUT2D eigenvalue weighted by Gasteiger charge is -2.32. The first-order chi connectivity index (χ1) is 15.4. The smallest absolute Gasteiger partial charge is 0.278 e. The number of amides is 2. The Kier molecular flexibility index (Phi) is 5.16. The van der Waals surface area contributed by atoms with E-state index < -0.39 is 0 Å². The van der Waals surface area contributed by atoms with Gasteiger partial charge in [-0.3, -0.25) is 14.5 Å². The fourth-order valence-electron chi connectivity index (χ4n) is 4.61. The van der Waals surface area contributed by atoms with Gasteiger partial charge < -0.3 is 14.4 Å². The first kappa shape index (κ1) is 20.6. The average Bonchev–Trinajstić information content (AvgIpc) is 3.34. The van der Waals surface area contributed by atoms with Gasteiger partial charge in [-0.1, -0.05) is 31.2 Å². The first-order valence-electron chi connectivity index (χ1n) is 11.2. The third kappa shape index (κ3) is 3.53. The number of benzene rings is 2. The molecule has 1 fully saturated rings. The number of hydrogen-bond donors (Lipinski definition) is 0. The Labute approximate surface area is 188 Å². The zero-order valence-electron chi connectivity index (χ0n) is 18.8. The summed E-state index contributed by atoms with van der Waals surface area (Å²) in [6.07, 6.45) is 2.04. The van der Waals surface area contributed by atoms with Gasteiger partial charge in [0, 0.05) is 13.1 Å². The maximum Gasteiger partial charge on any atom is 0.278 e. The molecule has 3 aliphatic rings. The van der Waals surface area contributed by atoms with Gasteiger partial charge in [-0.2, -0.15) is 0 Å². The summed E-state index contributed by atoms with van der Waals surface area (Å²) < 4.78 is 10.9. The van der Waals surface area contributed by atoms with Crippen LogP contribution in [-0.4, -0.2) is 41.5 Å². The molecule has 0 saturated carbocycles. The van der Waals surface area contributed by atoms with Crippen molar-refractivity contribution in [1.82, 2.24) is 9.80 Å². The lowest BCUT2D eigenvalue weighted by atomic mass is 9.96. The van der Waals surface area contributed by atoms with Crippen LogP contribution < -0.4 is 9.47 Å². The topological polar surface area (TPSA) is 59.1 Å².